The van der Waals surface area contributed by atoms with Gasteiger partial charge in [0.05, 0.1) is 0 Å². The van der Waals surface area contributed by atoms with Crippen molar-refractivity contribution in [2.75, 3.05) is 25.4 Å². The van der Waals surface area contributed by atoms with E-state index in [9.17, 15) is 0 Å². The fourth-order valence-electron chi connectivity index (χ4n) is 1.48. The fourth-order valence-corrected chi connectivity index (χ4v) is 1.70. The van der Waals surface area contributed by atoms with Crippen molar-refractivity contribution in [1.29, 1.82) is 0 Å². The highest BCUT2D eigenvalue weighted by Gasteiger charge is 2.01. The lowest BCUT2D eigenvalue weighted by molar-refractivity contribution is 0.266. The zero-order valence-corrected chi connectivity index (χ0v) is 10.2. The average molecular weight is 203 g/mol. The summed E-state index contributed by atoms with van der Waals surface area (Å²) in [6.07, 6.45) is 6.51. The highest BCUT2D eigenvalue weighted by atomic mass is 32.1. The van der Waals surface area contributed by atoms with Gasteiger partial charge in [-0.15, -0.1) is 0 Å². The topological polar surface area (TPSA) is 3.24 Å². The van der Waals surface area contributed by atoms with Crippen molar-refractivity contribution < 1.29 is 0 Å². The predicted molar refractivity (Wildman–Crippen MR) is 64.7 cm³/mol. The second-order valence-corrected chi connectivity index (χ2v) is 4.07. The van der Waals surface area contributed by atoms with Gasteiger partial charge >= 0.3 is 0 Å². The van der Waals surface area contributed by atoms with Crippen molar-refractivity contribution in [2.45, 2.75) is 46.0 Å². The van der Waals surface area contributed by atoms with E-state index >= 15 is 0 Å². The Morgan fingerprint density at radius 2 is 1.54 bits per heavy atom. The number of rotatable bonds is 9. The molecule has 0 rings (SSSR count). The van der Waals surface area contributed by atoms with Gasteiger partial charge < -0.3 is 4.90 Å². The van der Waals surface area contributed by atoms with Crippen molar-refractivity contribution >= 4 is 12.6 Å². The molecule has 2 heteroatoms. The first-order valence-corrected chi connectivity index (χ1v) is 6.31. The number of unbranched alkanes of at least 4 members (excludes halogenated alkanes) is 2. The molecule has 0 spiro atoms. The van der Waals surface area contributed by atoms with E-state index in [2.05, 4.69) is 31.4 Å². The quantitative estimate of drug-likeness (QED) is 0.445. The molecule has 0 aromatic carbocycles. The van der Waals surface area contributed by atoms with Gasteiger partial charge in [-0.3, -0.25) is 0 Å². The molecule has 80 valence electrons. The number of hydrogen-bond donors (Lipinski definition) is 1. The first kappa shape index (κ1) is 13.3. The van der Waals surface area contributed by atoms with Crippen LogP contribution in [0, 0.1) is 0 Å². The third kappa shape index (κ3) is 8.63. The van der Waals surface area contributed by atoms with Gasteiger partial charge in [-0.25, -0.2) is 0 Å². The summed E-state index contributed by atoms with van der Waals surface area (Å²) in [4.78, 5) is 2.59. The summed E-state index contributed by atoms with van der Waals surface area (Å²) in [6.45, 7) is 8.35. The summed E-state index contributed by atoms with van der Waals surface area (Å²) in [5, 5.41) is 0. The Morgan fingerprint density at radius 3 is 2.08 bits per heavy atom. The van der Waals surface area contributed by atoms with Gasteiger partial charge in [0.15, 0.2) is 0 Å². The largest absolute Gasteiger partial charge is 0.303 e. The molecule has 0 aliphatic heterocycles. The molecule has 0 atom stereocenters. The summed E-state index contributed by atoms with van der Waals surface area (Å²) in [6, 6.07) is 0. The molecule has 0 radical (unpaired) electrons. The van der Waals surface area contributed by atoms with Crippen LogP contribution in [0.2, 0.25) is 0 Å². The molecule has 0 heterocycles. The van der Waals surface area contributed by atoms with Crippen LogP contribution in [0.5, 0.6) is 0 Å². The van der Waals surface area contributed by atoms with E-state index in [-0.39, 0.29) is 0 Å². The lowest BCUT2D eigenvalue weighted by atomic mass is 10.2. The van der Waals surface area contributed by atoms with Crippen LogP contribution >= 0.6 is 12.6 Å². The molecule has 13 heavy (non-hydrogen) atoms. The zero-order valence-electron chi connectivity index (χ0n) is 9.26. The van der Waals surface area contributed by atoms with Gasteiger partial charge in [0.1, 0.15) is 0 Å². The number of nitrogens with zero attached hydrogens (tertiary/aromatic N) is 1. The van der Waals surface area contributed by atoms with Crippen LogP contribution in [0.25, 0.3) is 0 Å². The van der Waals surface area contributed by atoms with Crippen molar-refractivity contribution in [2.24, 2.45) is 0 Å². The Morgan fingerprint density at radius 1 is 0.846 bits per heavy atom. The van der Waals surface area contributed by atoms with E-state index in [1.807, 2.05) is 0 Å². The third-order valence-corrected chi connectivity index (χ3v) is 2.57. The van der Waals surface area contributed by atoms with Gasteiger partial charge in [0.2, 0.25) is 0 Å². The Balaban J connectivity index is 3.41. The molecule has 0 amide bonds. The second kappa shape index (κ2) is 10.4. The maximum absolute atomic E-state index is 4.23. The van der Waals surface area contributed by atoms with Crippen LogP contribution in [0.3, 0.4) is 0 Å². The molecule has 0 saturated heterocycles. The van der Waals surface area contributed by atoms with E-state index in [4.69, 9.17) is 0 Å². The summed E-state index contributed by atoms with van der Waals surface area (Å²) in [5.41, 5.74) is 0. The summed E-state index contributed by atoms with van der Waals surface area (Å²) >= 11 is 4.23. The van der Waals surface area contributed by atoms with Gasteiger partial charge in [-0.05, 0) is 51.1 Å². The smallest absolute Gasteiger partial charge is 0.00184 e. The molecule has 0 fully saturated rings. The Labute approximate surface area is 89.3 Å². The van der Waals surface area contributed by atoms with Crippen molar-refractivity contribution in [3.05, 3.63) is 0 Å². The first-order chi connectivity index (χ1) is 6.35. The van der Waals surface area contributed by atoms with Crippen molar-refractivity contribution in [1.82, 2.24) is 4.90 Å². The SMILES string of the molecule is CCCCN(CCC)CCCCS. The van der Waals surface area contributed by atoms with Crippen molar-refractivity contribution in [3.8, 4) is 0 Å². The first-order valence-electron chi connectivity index (χ1n) is 5.68. The molecular weight excluding hydrogens is 178 g/mol. The fraction of sp³-hybridized carbons (Fsp3) is 1.00. The third-order valence-electron chi connectivity index (χ3n) is 2.25. The van der Waals surface area contributed by atoms with E-state index < -0.39 is 0 Å². The maximum Gasteiger partial charge on any atom is -0.00184 e. The number of thiol groups is 1. The zero-order chi connectivity index (χ0) is 9.94. The normalized spacial score (nSPS) is 11.1. The molecule has 0 saturated carbocycles. The van der Waals surface area contributed by atoms with Crippen LogP contribution in [-0.4, -0.2) is 30.3 Å². The van der Waals surface area contributed by atoms with E-state index in [1.54, 1.807) is 0 Å². The van der Waals surface area contributed by atoms with Crippen LogP contribution in [0.4, 0.5) is 0 Å². The Bertz CT molecular complexity index is 96.1. The average Bonchev–Trinajstić information content (AvgIpc) is 2.14. The molecule has 0 N–H and O–H groups in total. The monoisotopic (exact) mass is 203 g/mol. The Hall–Kier alpha value is 0.310. The van der Waals surface area contributed by atoms with E-state index in [0.29, 0.717) is 0 Å². The van der Waals surface area contributed by atoms with E-state index in [1.165, 1.54) is 51.7 Å². The molecule has 1 nitrogen and oxygen atoms in total. The second-order valence-electron chi connectivity index (χ2n) is 3.63. The van der Waals surface area contributed by atoms with Gasteiger partial charge in [-0.1, -0.05) is 20.3 Å². The summed E-state index contributed by atoms with van der Waals surface area (Å²) in [5.74, 6) is 1.04. The predicted octanol–water partition coefficient (Wildman–Crippen LogP) is 3.21. The molecule has 0 aromatic heterocycles. The van der Waals surface area contributed by atoms with Crippen LogP contribution in [0.15, 0.2) is 0 Å². The van der Waals surface area contributed by atoms with Crippen LogP contribution in [-0.2, 0) is 0 Å². The van der Waals surface area contributed by atoms with Gasteiger partial charge in [-0.2, -0.15) is 12.6 Å². The minimum Gasteiger partial charge on any atom is -0.303 e. The van der Waals surface area contributed by atoms with Crippen LogP contribution < -0.4 is 0 Å². The van der Waals surface area contributed by atoms with E-state index in [0.717, 1.165) is 5.75 Å². The number of hydrogen-bond acceptors (Lipinski definition) is 2. The molecule has 0 aromatic rings. The van der Waals surface area contributed by atoms with Gasteiger partial charge in [0.25, 0.3) is 0 Å². The minimum atomic E-state index is 1.04. The lowest BCUT2D eigenvalue weighted by Crippen LogP contribution is -2.26. The molecular formula is C11H25NS. The standard InChI is InChI=1S/C11H25NS/c1-3-5-9-12(8-4-2)10-6-7-11-13/h13H,3-11H2,1-2H3. The maximum atomic E-state index is 4.23. The van der Waals surface area contributed by atoms with Gasteiger partial charge in [0, 0.05) is 0 Å². The lowest BCUT2D eigenvalue weighted by Gasteiger charge is -2.20. The molecule has 0 aliphatic carbocycles. The van der Waals surface area contributed by atoms with Crippen molar-refractivity contribution in [3.63, 3.8) is 0 Å². The molecule has 0 aliphatic rings. The summed E-state index contributed by atoms with van der Waals surface area (Å²) in [7, 11) is 0. The molecule has 0 unspecified atom stereocenters. The van der Waals surface area contributed by atoms with Crippen LogP contribution in [0.1, 0.15) is 46.0 Å². The minimum absolute atomic E-state index is 1.04. The Kier molecular flexibility index (Phi) is 10.6. The summed E-state index contributed by atoms with van der Waals surface area (Å²) < 4.78 is 0. The molecule has 0 bridgehead atoms. The highest BCUT2D eigenvalue weighted by molar-refractivity contribution is 7.80. The highest BCUT2D eigenvalue weighted by Crippen LogP contribution is 2.00.